The summed E-state index contributed by atoms with van der Waals surface area (Å²) >= 11 is 0. The molecule has 0 unspecified atom stereocenters. The van der Waals surface area contributed by atoms with Gasteiger partial charge in [-0.05, 0) is 46.9 Å². The van der Waals surface area contributed by atoms with Crippen molar-refractivity contribution in [3.8, 4) is 5.75 Å². The highest BCUT2D eigenvalue weighted by molar-refractivity contribution is 5.91. The van der Waals surface area contributed by atoms with Gasteiger partial charge in [0, 0.05) is 11.1 Å². The predicted molar refractivity (Wildman–Crippen MR) is 107 cm³/mol. The van der Waals surface area contributed by atoms with Crippen LogP contribution in [0.5, 0.6) is 5.75 Å². The van der Waals surface area contributed by atoms with E-state index in [9.17, 15) is 4.79 Å². The average Bonchev–Trinajstić information content (AvgIpc) is 2.83. The van der Waals surface area contributed by atoms with Crippen LogP contribution in [0.2, 0.25) is 0 Å². The lowest BCUT2D eigenvalue weighted by atomic mass is 9.77. The molecule has 0 saturated carbocycles. The monoisotopic (exact) mass is 350 g/mol. The quantitative estimate of drug-likeness (QED) is 0.469. The van der Waals surface area contributed by atoms with Gasteiger partial charge in [0.1, 0.15) is 11.7 Å². The highest BCUT2D eigenvalue weighted by Gasteiger charge is 2.40. The van der Waals surface area contributed by atoms with Gasteiger partial charge in [-0.25, -0.2) is 0 Å². The Labute approximate surface area is 157 Å². The molecular formula is C24H30O2. The first kappa shape index (κ1) is 18.7. The molecule has 0 amide bonds. The molecule has 2 nitrogen and oxygen atoms in total. The maximum absolute atomic E-state index is 12.9. The summed E-state index contributed by atoms with van der Waals surface area (Å²) in [5, 5.41) is 0. The van der Waals surface area contributed by atoms with E-state index in [4.69, 9.17) is 4.74 Å². The number of esters is 1. The molecule has 1 aliphatic heterocycles. The SMILES string of the molecule is Cc1cccc([C@@H]2C(=O)Oc3c2cc(C(C)(C)C)cc3C(C)(C)C)c1C. The summed E-state index contributed by atoms with van der Waals surface area (Å²) in [4.78, 5) is 12.9. The van der Waals surface area contributed by atoms with Crippen LogP contribution in [-0.2, 0) is 15.6 Å². The molecule has 0 radical (unpaired) electrons. The Hall–Kier alpha value is -2.09. The molecule has 1 aliphatic rings. The van der Waals surface area contributed by atoms with Crippen molar-refractivity contribution >= 4 is 5.97 Å². The molecule has 26 heavy (non-hydrogen) atoms. The number of carbonyl (C=O) groups is 1. The Morgan fingerprint density at radius 2 is 1.54 bits per heavy atom. The number of hydrogen-bond acceptors (Lipinski definition) is 2. The van der Waals surface area contributed by atoms with Crippen molar-refractivity contribution in [2.45, 2.75) is 72.1 Å². The number of carbonyl (C=O) groups excluding carboxylic acids is 1. The second-order valence-electron chi connectivity index (χ2n) is 9.59. The van der Waals surface area contributed by atoms with Crippen LogP contribution in [0.3, 0.4) is 0 Å². The van der Waals surface area contributed by atoms with Gasteiger partial charge in [0.2, 0.25) is 0 Å². The molecule has 2 aromatic carbocycles. The van der Waals surface area contributed by atoms with Crippen LogP contribution in [0, 0.1) is 13.8 Å². The zero-order valence-electron chi connectivity index (χ0n) is 17.3. The number of fused-ring (bicyclic) bond motifs is 1. The van der Waals surface area contributed by atoms with Gasteiger partial charge < -0.3 is 4.74 Å². The summed E-state index contributed by atoms with van der Waals surface area (Å²) < 4.78 is 5.86. The van der Waals surface area contributed by atoms with E-state index in [0.717, 1.165) is 22.4 Å². The lowest BCUT2D eigenvalue weighted by Gasteiger charge is -2.27. The molecule has 1 heterocycles. The molecule has 0 spiro atoms. The van der Waals surface area contributed by atoms with E-state index < -0.39 is 0 Å². The molecule has 2 aromatic rings. The second-order valence-corrected chi connectivity index (χ2v) is 9.59. The van der Waals surface area contributed by atoms with E-state index in [-0.39, 0.29) is 22.7 Å². The van der Waals surface area contributed by atoms with Crippen molar-refractivity contribution in [3.05, 3.63) is 63.7 Å². The Kier molecular flexibility index (Phi) is 4.29. The lowest BCUT2D eigenvalue weighted by Crippen LogP contribution is -2.17. The number of aryl methyl sites for hydroxylation is 1. The zero-order chi connectivity index (χ0) is 19.4. The smallest absolute Gasteiger partial charge is 0.323 e. The molecule has 0 saturated heterocycles. The van der Waals surface area contributed by atoms with Crippen molar-refractivity contribution in [2.24, 2.45) is 0 Å². The molecule has 2 heteroatoms. The van der Waals surface area contributed by atoms with Crippen LogP contribution in [0.4, 0.5) is 0 Å². The Morgan fingerprint density at radius 3 is 2.12 bits per heavy atom. The second kappa shape index (κ2) is 5.97. The van der Waals surface area contributed by atoms with E-state index in [1.54, 1.807) is 0 Å². The molecule has 0 aromatic heterocycles. The van der Waals surface area contributed by atoms with Crippen molar-refractivity contribution in [3.63, 3.8) is 0 Å². The topological polar surface area (TPSA) is 26.3 Å². The summed E-state index contributed by atoms with van der Waals surface area (Å²) in [6.45, 7) is 17.3. The van der Waals surface area contributed by atoms with Gasteiger partial charge in [0.05, 0.1) is 0 Å². The fourth-order valence-corrected chi connectivity index (χ4v) is 3.64. The zero-order valence-corrected chi connectivity index (χ0v) is 17.3. The summed E-state index contributed by atoms with van der Waals surface area (Å²) in [5.74, 6) is 0.264. The predicted octanol–water partition coefficient (Wildman–Crippen LogP) is 5.95. The van der Waals surface area contributed by atoms with Crippen LogP contribution in [-0.4, -0.2) is 5.97 Å². The third-order valence-corrected chi connectivity index (χ3v) is 5.50. The Bertz CT molecular complexity index is 876. The van der Waals surface area contributed by atoms with Gasteiger partial charge in [-0.2, -0.15) is 0 Å². The van der Waals surface area contributed by atoms with Crippen molar-refractivity contribution in [1.82, 2.24) is 0 Å². The number of ether oxygens (including phenoxy) is 1. The van der Waals surface area contributed by atoms with Gasteiger partial charge in [-0.1, -0.05) is 71.9 Å². The van der Waals surface area contributed by atoms with E-state index in [1.807, 2.05) is 6.07 Å². The van der Waals surface area contributed by atoms with Crippen molar-refractivity contribution in [1.29, 1.82) is 0 Å². The lowest BCUT2D eigenvalue weighted by molar-refractivity contribution is -0.133. The first-order chi connectivity index (χ1) is 11.9. The molecular weight excluding hydrogens is 320 g/mol. The molecule has 0 bridgehead atoms. The summed E-state index contributed by atoms with van der Waals surface area (Å²) in [5.41, 5.74) is 6.71. The standard InChI is InChI=1S/C24H30O2/c1-14-10-9-11-17(15(14)2)20-18-12-16(23(3,4)5)13-19(24(6,7)8)21(18)26-22(20)25/h9-13,20H,1-8H3/t20-/m0/s1. The number of hydrogen-bond donors (Lipinski definition) is 0. The van der Waals surface area contributed by atoms with Crippen molar-refractivity contribution in [2.75, 3.05) is 0 Å². The van der Waals surface area contributed by atoms with Crippen LogP contribution >= 0.6 is 0 Å². The number of rotatable bonds is 1. The largest absolute Gasteiger partial charge is 0.425 e. The average molecular weight is 351 g/mol. The van der Waals surface area contributed by atoms with Gasteiger partial charge in [0.15, 0.2) is 0 Å². The third-order valence-electron chi connectivity index (χ3n) is 5.50. The highest BCUT2D eigenvalue weighted by atomic mass is 16.5. The van der Waals surface area contributed by atoms with E-state index in [1.165, 1.54) is 16.7 Å². The van der Waals surface area contributed by atoms with E-state index in [0.29, 0.717) is 0 Å². The molecule has 0 N–H and O–H groups in total. The van der Waals surface area contributed by atoms with Crippen LogP contribution in [0.15, 0.2) is 30.3 Å². The molecule has 138 valence electrons. The van der Waals surface area contributed by atoms with Gasteiger partial charge in [-0.15, -0.1) is 0 Å². The minimum atomic E-state index is -0.340. The van der Waals surface area contributed by atoms with Gasteiger partial charge in [0.25, 0.3) is 0 Å². The molecule has 0 fully saturated rings. The summed E-state index contributed by atoms with van der Waals surface area (Å²) in [6.07, 6.45) is 0. The third kappa shape index (κ3) is 3.06. The van der Waals surface area contributed by atoms with Crippen LogP contribution in [0.1, 0.15) is 80.8 Å². The van der Waals surface area contributed by atoms with Gasteiger partial charge >= 0.3 is 5.97 Å². The molecule has 0 aliphatic carbocycles. The van der Waals surface area contributed by atoms with Crippen LogP contribution < -0.4 is 4.74 Å². The fourth-order valence-electron chi connectivity index (χ4n) is 3.64. The minimum Gasteiger partial charge on any atom is -0.425 e. The van der Waals surface area contributed by atoms with Gasteiger partial charge in [-0.3, -0.25) is 4.79 Å². The molecule has 1 atom stereocenters. The summed E-state index contributed by atoms with van der Waals surface area (Å²) in [6, 6.07) is 10.6. The number of benzene rings is 2. The highest BCUT2D eigenvalue weighted by Crippen LogP contribution is 2.47. The normalized spacial score (nSPS) is 17.2. The fraction of sp³-hybridized carbons (Fsp3) is 0.458. The summed E-state index contributed by atoms with van der Waals surface area (Å²) in [7, 11) is 0. The minimum absolute atomic E-state index is 0.00681. The first-order valence-electron chi connectivity index (χ1n) is 9.38. The van der Waals surface area contributed by atoms with E-state index >= 15 is 0 Å². The van der Waals surface area contributed by atoms with Crippen LogP contribution in [0.25, 0.3) is 0 Å². The maximum atomic E-state index is 12.9. The maximum Gasteiger partial charge on any atom is 0.323 e. The first-order valence-corrected chi connectivity index (χ1v) is 9.38. The Morgan fingerprint density at radius 1 is 0.885 bits per heavy atom. The van der Waals surface area contributed by atoms with Crippen molar-refractivity contribution < 1.29 is 9.53 Å². The molecule has 3 rings (SSSR count). The Balaban J connectivity index is 2.30. The van der Waals surface area contributed by atoms with E-state index in [2.05, 4.69) is 79.7 Å².